The van der Waals surface area contributed by atoms with Crippen molar-refractivity contribution in [3.8, 4) is 0 Å². The van der Waals surface area contributed by atoms with Crippen molar-refractivity contribution < 1.29 is 4.79 Å². The fraction of sp³-hybridized carbons (Fsp3) is 0.500. The number of nitrogens with two attached hydrogens (primary N) is 1. The molecule has 1 atom stereocenters. The van der Waals surface area contributed by atoms with Crippen LogP contribution in [0.2, 0.25) is 0 Å². The molecule has 0 radical (unpaired) electrons. The first-order valence-corrected chi connectivity index (χ1v) is 7.17. The maximum absolute atomic E-state index is 11.8. The van der Waals surface area contributed by atoms with Crippen LogP contribution in [-0.4, -0.2) is 17.7 Å². The van der Waals surface area contributed by atoms with Gasteiger partial charge in [-0.3, -0.25) is 4.79 Å². The number of thioether (sulfide) groups is 1. The highest BCUT2D eigenvalue weighted by molar-refractivity contribution is 8.00. The Bertz CT molecular complexity index is 418. The number of rotatable bonds is 5. The first-order chi connectivity index (χ1) is 8.40. The van der Waals surface area contributed by atoms with Crippen LogP contribution in [0.25, 0.3) is 0 Å². The highest BCUT2D eigenvalue weighted by Crippen LogP contribution is 2.25. The Morgan fingerprint density at radius 1 is 1.39 bits per heavy atom. The van der Waals surface area contributed by atoms with Gasteiger partial charge in [-0.25, -0.2) is 0 Å². The highest BCUT2D eigenvalue weighted by atomic mass is 32.2. The van der Waals surface area contributed by atoms with E-state index in [1.807, 2.05) is 32.0 Å². The van der Waals surface area contributed by atoms with Crippen molar-refractivity contribution in [1.82, 2.24) is 5.32 Å². The van der Waals surface area contributed by atoms with Crippen molar-refractivity contribution in [3.63, 3.8) is 0 Å². The summed E-state index contributed by atoms with van der Waals surface area (Å²) in [7, 11) is 0. The van der Waals surface area contributed by atoms with E-state index >= 15 is 0 Å². The fourth-order valence-electron chi connectivity index (χ4n) is 1.37. The molecule has 0 heterocycles. The summed E-state index contributed by atoms with van der Waals surface area (Å²) in [4.78, 5) is 12.7. The summed E-state index contributed by atoms with van der Waals surface area (Å²) in [5.41, 5.74) is 7.76. The lowest BCUT2D eigenvalue weighted by Gasteiger charge is -2.17. The second kappa shape index (κ2) is 6.69. The number of amides is 1. The van der Waals surface area contributed by atoms with Crippen molar-refractivity contribution in [3.05, 3.63) is 23.8 Å². The van der Waals surface area contributed by atoms with Crippen molar-refractivity contribution in [2.45, 2.75) is 38.6 Å². The SMILES string of the molecule is Cc1ccc(N)c(SCC(=O)NC(C)C(C)C)c1. The average Bonchev–Trinajstić information content (AvgIpc) is 2.30. The Kier molecular flexibility index (Phi) is 5.54. The minimum absolute atomic E-state index is 0.0575. The molecule has 3 nitrogen and oxygen atoms in total. The standard InChI is InChI=1S/C14H22N2OS/c1-9(2)11(4)16-14(17)8-18-13-7-10(3)5-6-12(13)15/h5-7,9,11H,8,15H2,1-4H3,(H,16,17). The van der Waals surface area contributed by atoms with Gasteiger partial charge in [-0.1, -0.05) is 19.9 Å². The van der Waals surface area contributed by atoms with Crippen molar-refractivity contribution in [2.75, 3.05) is 11.5 Å². The lowest BCUT2D eigenvalue weighted by atomic mass is 10.1. The van der Waals surface area contributed by atoms with Crippen LogP contribution in [0.5, 0.6) is 0 Å². The van der Waals surface area contributed by atoms with Crippen LogP contribution >= 0.6 is 11.8 Å². The van der Waals surface area contributed by atoms with E-state index in [1.165, 1.54) is 11.8 Å². The van der Waals surface area contributed by atoms with Gasteiger partial charge in [-0.05, 0) is 37.5 Å². The van der Waals surface area contributed by atoms with Crippen LogP contribution in [0.4, 0.5) is 5.69 Å². The van der Waals surface area contributed by atoms with Crippen LogP contribution in [0.3, 0.4) is 0 Å². The van der Waals surface area contributed by atoms with E-state index < -0.39 is 0 Å². The Morgan fingerprint density at radius 3 is 2.67 bits per heavy atom. The summed E-state index contributed by atoms with van der Waals surface area (Å²) < 4.78 is 0. The molecule has 18 heavy (non-hydrogen) atoms. The minimum atomic E-state index is 0.0575. The van der Waals surface area contributed by atoms with Gasteiger partial charge in [0.25, 0.3) is 0 Å². The molecule has 0 fully saturated rings. The second-order valence-electron chi connectivity index (χ2n) is 4.93. The monoisotopic (exact) mass is 266 g/mol. The average molecular weight is 266 g/mol. The van der Waals surface area contributed by atoms with Gasteiger partial charge in [0.15, 0.2) is 0 Å². The van der Waals surface area contributed by atoms with Crippen LogP contribution in [0.1, 0.15) is 26.3 Å². The molecular formula is C14H22N2OS. The topological polar surface area (TPSA) is 55.1 Å². The summed E-state index contributed by atoms with van der Waals surface area (Å²) in [5.74, 6) is 0.912. The quantitative estimate of drug-likeness (QED) is 0.636. The van der Waals surface area contributed by atoms with Crippen LogP contribution < -0.4 is 11.1 Å². The molecule has 0 aromatic heterocycles. The summed E-state index contributed by atoms with van der Waals surface area (Å²) in [6, 6.07) is 6.07. The third kappa shape index (κ3) is 4.61. The number of nitrogens with one attached hydrogen (secondary N) is 1. The third-order valence-electron chi connectivity index (χ3n) is 2.92. The molecule has 0 aliphatic carbocycles. The number of carbonyl (C=O) groups is 1. The van der Waals surface area contributed by atoms with Crippen LogP contribution in [0, 0.1) is 12.8 Å². The number of carbonyl (C=O) groups excluding carboxylic acids is 1. The molecule has 0 saturated heterocycles. The van der Waals surface area contributed by atoms with Gasteiger partial charge >= 0.3 is 0 Å². The van der Waals surface area contributed by atoms with Gasteiger partial charge in [0.1, 0.15) is 0 Å². The Hall–Kier alpha value is -1.16. The molecule has 100 valence electrons. The zero-order chi connectivity index (χ0) is 13.7. The van der Waals surface area contributed by atoms with Gasteiger partial charge in [0.05, 0.1) is 5.75 Å². The number of hydrogen-bond donors (Lipinski definition) is 2. The number of nitrogen functional groups attached to an aromatic ring is 1. The predicted molar refractivity (Wildman–Crippen MR) is 78.8 cm³/mol. The summed E-state index contributed by atoms with van der Waals surface area (Å²) >= 11 is 1.49. The van der Waals surface area contributed by atoms with Gasteiger partial charge in [0.2, 0.25) is 5.91 Å². The minimum Gasteiger partial charge on any atom is -0.398 e. The third-order valence-corrected chi connectivity index (χ3v) is 3.99. The Labute approximate surface area is 114 Å². The van der Waals surface area contributed by atoms with E-state index in [0.717, 1.165) is 16.1 Å². The van der Waals surface area contributed by atoms with Gasteiger partial charge < -0.3 is 11.1 Å². The van der Waals surface area contributed by atoms with Crippen molar-refractivity contribution in [1.29, 1.82) is 0 Å². The van der Waals surface area contributed by atoms with E-state index in [-0.39, 0.29) is 11.9 Å². The molecule has 1 unspecified atom stereocenters. The lowest BCUT2D eigenvalue weighted by Crippen LogP contribution is -2.37. The number of benzene rings is 1. The van der Waals surface area contributed by atoms with Gasteiger partial charge in [-0.2, -0.15) is 0 Å². The normalized spacial score (nSPS) is 12.5. The molecule has 1 rings (SSSR count). The Balaban J connectivity index is 2.50. The summed E-state index contributed by atoms with van der Waals surface area (Å²) in [5, 5.41) is 2.98. The molecule has 1 aromatic carbocycles. The fourth-order valence-corrected chi connectivity index (χ4v) is 2.25. The summed E-state index contributed by atoms with van der Waals surface area (Å²) in [6.45, 7) is 8.23. The second-order valence-corrected chi connectivity index (χ2v) is 5.95. The number of aryl methyl sites for hydroxylation is 1. The highest BCUT2D eigenvalue weighted by Gasteiger charge is 2.11. The first-order valence-electron chi connectivity index (χ1n) is 6.18. The number of anilines is 1. The van der Waals surface area contributed by atoms with E-state index in [9.17, 15) is 4.79 Å². The predicted octanol–water partition coefficient (Wildman–Crippen LogP) is 2.83. The molecule has 4 heteroatoms. The largest absolute Gasteiger partial charge is 0.398 e. The molecule has 0 spiro atoms. The molecule has 3 N–H and O–H groups in total. The molecule has 0 saturated carbocycles. The van der Waals surface area contributed by atoms with E-state index in [4.69, 9.17) is 5.73 Å². The number of hydrogen-bond acceptors (Lipinski definition) is 3. The van der Waals surface area contributed by atoms with E-state index in [1.54, 1.807) is 0 Å². The van der Waals surface area contributed by atoms with Gasteiger partial charge in [-0.15, -0.1) is 11.8 Å². The molecule has 0 aliphatic rings. The van der Waals surface area contributed by atoms with Crippen LogP contribution in [0.15, 0.2) is 23.1 Å². The van der Waals surface area contributed by atoms with Crippen molar-refractivity contribution >= 4 is 23.4 Å². The summed E-state index contributed by atoms with van der Waals surface area (Å²) in [6.07, 6.45) is 0. The maximum Gasteiger partial charge on any atom is 0.230 e. The molecule has 1 aromatic rings. The Morgan fingerprint density at radius 2 is 2.06 bits per heavy atom. The zero-order valence-corrected chi connectivity index (χ0v) is 12.3. The maximum atomic E-state index is 11.8. The van der Waals surface area contributed by atoms with Crippen LogP contribution in [-0.2, 0) is 4.79 Å². The molecular weight excluding hydrogens is 244 g/mol. The zero-order valence-electron chi connectivity index (χ0n) is 11.5. The van der Waals surface area contributed by atoms with E-state index in [0.29, 0.717) is 11.7 Å². The smallest absolute Gasteiger partial charge is 0.230 e. The van der Waals surface area contributed by atoms with E-state index in [2.05, 4.69) is 19.2 Å². The molecule has 0 aliphatic heterocycles. The first kappa shape index (κ1) is 14.9. The lowest BCUT2D eigenvalue weighted by molar-refractivity contribution is -0.119. The molecule has 0 bridgehead atoms. The van der Waals surface area contributed by atoms with Gasteiger partial charge in [0, 0.05) is 16.6 Å². The molecule has 1 amide bonds. The van der Waals surface area contributed by atoms with Crippen molar-refractivity contribution in [2.24, 2.45) is 5.92 Å².